The number of hydrogen-bond donors (Lipinski definition) is 2. The fraction of sp³-hybridized carbons (Fsp3) is 0.316. The van der Waals surface area contributed by atoms with E-state index in [0.29, 0.717) is 11.5 Å². The van der Waals surface area contributed by atoms with Gasteiger partial charge < -0.3 is 15.4 Å². The second-order valence-electron chi connectivity index (χ2n) is 5.96. The smallest absolute Gasteiger partial charge is 0.255 e. The lowest BCUT2D eigenvalue weighted by Crippen LogP contribution is -2.14. The van der Waals surface area contributed by atoms with Gasteiger partial charge >= 0.3 is 0 Å². The topological polar surface area (TPSA) is 50.4 Å². The van der Waals surface area contributed by atoms with E-state index in [9.17, 15) is 4.79 Å². The molecule has 23 heavy (non-hydrogen) atoms. The third-order valence-electron chi connectivity index (χ3n) is 3.53. The Labute approximate surface area is 137 Å². The van der Waals surface area contributed by atoms with Gasteiger partial charge in [0.2, 0.25) is 0 Å². The molecule has 0 bridgehead atoms. The minimum Gasteiger partial charge on any atom is -0.495 e. The highest BCUT2D eigenvalue weighted by molar-refractivity contribution is 6.04. The number of nitrogens with one attached hydrogen (secondary N) is 2. The van der Waals surface area contributed by atoms with Crippen LogP contribution >= 0.6 is 0 Å². The minimum absolute atomic E-state index is 0.126. The SMILES string of the molecule is COc1cc(NC(=O)c2ccccc2)c(C)cc1NCC(C)C. The molecule has 4 heteroatoms. The highest BCUT2D eigenvalue weighted by atomic mass is 16.5. The quantitative estimate of drug-likeness (QED) is 0.835. The summed E-state index contributed by atoms with van der Waals surface area (Å²) >= 11 is 0. The Hall–Kier alpha value is -2.49. The van der Waals surface area contributed by atoms with Crippen LogP contribution in [-0.2, 0) is 0 Å². The van der Waals surface area contributed by atoms with E-state index in [2.05, 4.69) is 24.5 Å². The molecule has 2 rings (SSSR count). The molecular formula is C19H24N2O2. The first-order valence-electron chi connectivity index (χ1n) is 7.80. The van der Waals surface area contributed by atoms with Crippen LogP contribution in [0.15, 0.2) is 42.5 Å². The zero-order valence-electron chi connectivity index (χ0n) is 14.1. The lowest BCUT2D eigenvalue weighted by atomic mass is 10.1. The number of aryl methyl sites for hydroxylation is 1. The summed E-state index contributed by atoms with van der Waals surface area (Å²) in [5.74, 6) is 1.13. The van der Waals surface area contributed by atoms with Crippen molar-refractivity contribution in [2.45, 2.75) is 20.8 Å². The molecule has 0 spiro atoms. The van der Waals surface area contributed by atoms with Crippen molar-refractivity contribution in [3.63, 3.8) is 0 Å². The summed E-state index contributed by atoms with van der Waals surface area (Å²) < 4.78 is 5.45. The first-order valence-corrected chi connectivity index (χ1v) is 7.80. The second-order valence-corrected chi connectivity index (χ2v) is 5.96. The van der Waals surface area contributed by atoms with Crippen LogP contribution in [0.3, 0.4) is 0 Å². The monoisotopic (exact) mass is 312 g/mol. The van der Waals surface area contributed by atoms with Gasteiger partial charge in [-0.15, -0.1) is 0 Å². The zero-order valence-corrected chi connectivity index (χ0v) is 14.1. The van der Waals surface area contributed by atoms with Gasteiger partial charge in [-0.1, -0.05) is 32.0 Å². The Balaban J connectivity index is 2.21. The number of carbonyl (C=O) groups excluding carboxylic acids is 1. The number of amides is 1. The minimum atomic E-state index is -0.126. The van der Waals surface area contributed by atoms with Crippen LogP contribution in [-0.4, -0.2) is 19.6 Å². The number of methoxy groups -OCH3 is 1. The standard InChI is InChI=1S/C19H24N2O2/c1-13(2)12-20-17-10-14(3)16(11-18(17)23-4)21-19(22)15-8-6-5-7-9-15/h5-11,13,20H,12H2,1-4H3,(H,21,22). The van der Waals surface area contributed by atoms with E-state index >= 15 is 0 Å². The van der Waals surface area contributed by atoms with E-state index in [4.69, 9.17) is 4.74 Å². The average Bonchev–Trinajstić information content (AvgIpc) is 2.55. The third kappa shape index (κ3) is 4.49. The van der Waals surface area contributed by atoms with E-state index in [-0.39, 0.29) is 5.91 Å². The van der Waals surface area contributed by atoms with Gasteiger partial charge in [0.25, 0.3) is 5.91 Å². The molecule has 0 aliphatic rings. The summed E-state index contributed by atoms with van der Waals surface area (Å²) in [6.45, 7) is 7.15. The molecular weight excluding hydrogens is 288 g/mol. The molecule has 0 aliphatic carbocycles. The van der Waals surface area contributed by atoms with Gasteiger partial charge in [0.15, 0.2) is 0 Å². The van der Waals surface area contributed by atoms with Crippen molar-refractivity contribution in [3.8, 4) is 5.75 Å². The summed E-state index contributed by atoms with van der Waals surface area (Å²) in [5.41, 5.74) is 3.32. The summed E-state index contributed by atoms with van der Waals surface area (Å²) in [5, 5.41) is 6.33. The predicted octanol–water partition coefficient (Wildman–Crippen LogP) is 4.32. The first kappa shape index (κ1) is 16.9. The Kier molecular flexibility index (Phi) is 5.63. The van der Waals surface area contributed by atoms with E-state index in [1.165, 1.54) is 0 Å². The van der Waals surface area contributed by atoms with Crippen molar-refractivity contribution in [1.82, 2.24) is 0 Å². The van der Waals surface area contributed by atoms with Crippen LogP contribution in [0.25, 0.3) is 0 Å². The fourth-order valence-electron chi connectivity index (χ4n) is 2.23. The maximum absolute atomic E-state index is 12.3. The van der Waals surface area contributed by atoms with Gasteiger partial charge in [0.1, 0.15) is 5.75 Å². The van der Waals surface area contributed by atoms with Crippen LogP contribution in [0.4, 0.5) is 11.4 Å². The normalized spacial score (nSPS) is 10.5. The molecule has 0 saturated heterocycles. The molecule has 0 unspecified atom stereocenters. The van der Waals surface area contributed by atoms with Crippen molar-refractivity contribution in [3.05, 3.63) is 53.6 Å². The van der Waals surface area contributed by atoms with Gasteiger partial charge in [-0.2, -0.15) is 0 Å². The second kappa shape index (κ2) is 7.68. The lowest BCUT2D eigenvalue weighted by molar-refractivity contribution is 0.102. The number of ether oxygens (including phenoxy) is 1. The van der Waals surface area contributed by atoms with Gasteiger partial charge in [-0.25, -0.2) is 0 Å². The molecule has 0 heterocycles. The fourth-order valence-corrected chi connectivity index (χ4v) is 2.23. The zero-order chi connectivity index (χ0) is 16.8. The van der Waals surface area contributed by atoms with E-state index in [0.717, 1.165) is 29.2 Å². The maximum Gasteiger partial charge on any atom is 0.255 e. The molecule has 2 aromatic rings. The Morgan fingerprint density at radius 2 is 1.83 bits per heavy atom. The van der Waals surface area contributed by atoms with E-state index in [1.54, 1.807) is 19.2 Å². The predicted molar refractivity (Wildman–Crippen MR) is 95.5 cm³/mol. The van der Waals surface area contributed by atoms with Crippen LogP contribution in [0, 0.1) is 12.8 Å². The molecule has 4 nitrogen and oxygen atoms in total. The summed E-state index contributed by atoms with van der Waals surface area (Å²) in [6, 6.07) is 13.0. The van der Waals surface area contributed by atoms with Crippen molar-refractivity contribution in [2.75, 3.05) is 24.3 Å². The lowest BCUT2D eigenvalue weighted by Gasteiger charge is -2.17. The summed E-state index contributed by atoms with van der Waals surface area (Å²) in [7, 11) is 1.63. The first-order chi connectivity index (χ1) is 11.0. The average molecular weight is 312 g/mol. The molecule has 0 saturated carbocycles. The number of anilines is 2. The van der Waals surface area contributed by atoms with Crippen molar-refractivity contribution in [1.29, 1.82) is 0 Å². The van der Waals surface area contributed by atoms with Gasteiger partial charge in [0.05, 0.1) is 12.8 Å². The highest BCUT2D eigenvalue weighted by Gasteiger charge is 2.12. The molecule has 0 aromatic heterocycles. The van der Waals surface area contributed by atoms with E-state index < -0.39 is 0 Å². The molecule has 0 radical (unpaired) electrons. The summed E-state index contributed by atoms with van der Waals surface area (Å²) in [6.07, 6.45) is 0. The molecule has 0 fully saturated rings. The Morgan fingerprint density at radius 1 is 1.13 bits per heavy atom. The number of carbonyl (C=O) groups is 1. The van der Waals surface area contributed by atoms with Gasteiger partial charge in [-0.3, -0.25) is 4.79 Å². The highest BCUT2D eigenvalue weighted by Crippen LogP contribution is 2.31. The van der Waals surface area contributed by atoms with Gasteiger partial charge in [0, 0.05) is 23.9 Å². The number of hydrogen-bond acceptors (Lipinski definition) is 3. The number of benzene rings is 2. The maximum atomic E-state index is 12.3. The Bertz CT molecular complexity index is 667. The largest absolute Gasteiger partial charge is 0.495 e. The molecule has 0 atom stereocenters. The van der Waals surface area contributed by atoms with Crippen molar-refractivity contribution >= 4 is 17.3 Å². The molecule has 2 aromatic carbocycles. The van der Waals surface area contributed by atoms with Crippen LogP contribution < -0.4 is 15.4 Å². The molecule has 2 N–H and O–H groups in total. The van der Waals surface area contributed by atoms with Crippen LogP contribution in [0.5, 0.6) is 5.75 Å². The van der Waals surface area contributed by atoms with Crippen LogP contribution in [0.1, 0.15) is 29.8 Å². The van der Waals surface area contributed by atoms with Crippen molar-refractivity contribution < 1.29 is 9.53 Å². The van der Waals surface area contributed by atoms with Crippen molar-refractivity contribution in [2.24, 2.45) is 5.92 Å². The molecule has 122 valence electrons. The summed E-state index contributed by atoms with van der Waals surface area (Å²) in [4.78, 5) is 12.3. The third-order valence-corrected chi connectivity index (χ3v) is 3.53. The van der Waals surface area contributed by atoms with E-state index in [1.807, 2.05) is 37.3 Å². The molecule has 1 amide bonds. The molecule has 0 aliphatic heterocycles. The van der Waals surface area contributed by atoms with Gasteiger partial charge in [-0.05, 0) is 36.6 Å². The Morgan fingerprint density at radius 3 is 2.43 bits per heavy atom. The van der Waals surface area contributed by atoms with Crippen LogP contribution in [0.2, 0.25) is 0 Å². The number of rotatable bonds is 6.